The maximum atomic E-state index is 11.1. The Morgan fingerprint density at radius 2 is 1.89 bits per heavy atom. The molecule has 2 rings (SSSR count). The molecule has 0 unspecified atom stereocenters. The minimum atomic E-state index is -0.546. The van der Waals surface area contributed by atoms with E-state index in [-0.39, 0.29) is 5.76 Å². The molecule has 0 saturated heterocycles. The number of benzene rings is 2. The lowest BCUT2D eigenvalue weighted by Crippen LogP contribution is -2.07. The summed E-state index contributed by atoms with van der Waals surface area (Å²) < 4.78 is 9.84. The molecule has 0 aliphatic rings. The van der Waals surface area contributed by atoms with Crippen molar-refractivity contribution in [2.75, 3.05) is 7.11 Å². The SMILES string of the molecule is C=C(OCc1cccc2ccccc12)C(=O)OC. The zero-order valence-electron chi connectivity index (χ0n) is 10.2. The van der Waals surface area contributed by atoms with Gasteiger partial charge in [0, 0.05) is 0 Å². The van der Waals surface area contributed by atoms with Crippen molar-refractivity contribution in [3.63, 3.8) is 0 Å². The number of esters is 1. The Bertz CT molecular complexity index is 582. The number of rotatable bonds is 4. The summed E-state index contributed by atoms with van der Waals surface area (Å²) in [6, 6.07) is 14.0. The minimum Gasteiger partial charge on any atom is -0.482 e. The monoisotopic (exact) mass is 242 g/mol. The average Bonchev–Trinajstić information content (AvgIpc) is 2.43. The van der Waals surface area contributed by atoms with Crippen molar-refractivity contribution in [3.8, 4) is 0 Å². The molecule has 18 heavy (non-hydrogen) atoms. The standard InChI is InChI=1S/C15H14O3/c1-11(15(16)17-2)18-10-13-8-5-7-12-6-3-4-9-14(12)13/h3-9H,1,10H2,2H3. The van der Waals surface area contributed by atoms with Gasteiger partial charge in [-0.15, -0.1) is 0 Å². The smallest absolute Gasteiger partial charge is 0.372 e. The van der Waals surface area contributed by atoms with Crippen molar-refractivity contribution >= 4 is 16.7 Å². The van der Waals surface area contributed by atoms with E-state index in [2.05, 4.69) is 11.3 Å². The van der Waals surface area contributed by atoms with Crippen molar-refractivity contribution < 1.29 is 14.3 Å². The molecule has 3 nitrogen and oxygen atoms in total. The Hall–Kier alpha value is -2.29. The zero-order chi connectivity index (χ0) is 13.0. The summed E-state index contributed by atoms with van der Waals surface area (Å²) >= 11 is 0. The van der Waals surface area contributed by atoms with Gasteiger partial charge in [-0.3, -0.25) is 0 Å². The lowest BCUT2D eigenvalue weighted by molar-refractivity contribution is -0.140. The molecule has 2 aromatic carbocycles. The summed E-state index contributed by atoms with van der Waals surface area (Å²) in [6.07, 6.45) is 0. The third kappa shape index (κ3) is 2.51. The summed E-state index contributed by atoms with van der Waals surface area (Å²) in [4.78, 5) is 11.1. The van der Waals surface area contributed by atoms with Crippen LogP contribution in [0.3, 0.4) is 0 Å². The minimum absolute atomic E-state index is 0.0189. The van der Waals surface area contributed by atoms with Gasteiger partial charge >= 0.3 is 5.97 Å². The molecule has 0 aromatic heterocycles. The predicted octanol–water partition coefficient (Wildman–Crippen LogP) is 3.04. The molecule has 0 fully saturated rings. The van der Waals surface area contributed by atoms with Crippen LogP contribution in [0.4, 0.5) is 0 Å². The van der Waals surface area contributed by atoms with Gasteiger partial charge in [-0.25, -0.2) is 4.79 Å². The fraction of sp³-hybridized carbons (Fsp3) is 0.133. The Labute approximate surface area is 106 Å². The quantitative estimate of drug-likeness (QED) is 0.469. The highest BCUT2D eigenvalue weighted by Gasteiger charge is 2.08. The summed E-state index contributed by atoms with van der Waals surface area (Å²) in [7, 11) is 1.30. The molecule has 0 amide bonds. The average molecular weight is 242 g/mol. The maximum Gasteiger partial charge on any atom is 0.372 e. The lowest BCUT2D eigenvalue weighted by atomic mass is 10.1. The van der Waals surface area contributed by atoms with Crippen molar-refractivity contribution in [1.82, 2.24) is 0 Å². The van der Waals surface area contributed by atoms with E-state index in [1.807, 2.05) is 42.5 Å². The van der Waals surface area contributed by atoms with Gasteiger partial charge < -0.3 is 9.47 Å². The van der Waals surface area contributed by atoms with Gasteiger partial charge in [-0.05, 0) is 22.9 Å². The van der Waals surface area contributed by atoms with Gasteiger partial charge in [-0.1, -0.05) is 42.5 Å². The largest absolute Gasteiger partial charge is 0.482 e. The van der Waals surface area contributed by atoms with E-state index >= 15 is 0 Å². The van der Waals surface area contributed by atoms with Crippen LogP contribution in [-0.2, 0) is 20.9 Å². The molecule has 92 valence electrons. The first kappa shape index (κ1) is 12.2. The van der Waals surface area contributed by atoms with E-state index in [1.54, 1.807) is 0 Å². The van der Waals surface area contributed by atoms with Gasteiger partial charge in [0.2, 0.25) is 0 Å². The molecule has 0 saturated carbocycles. The second kappa shape index (κ2) is 5.36. The zero-order valence-corrected chi connectivity index (χ0v) is 10.2. The van der Waals surface area contributed by atoms with E-state index < -0.39 is 5.97 Å². The van der Waals surface area contributed by atoms with Gasteiger partial charge in [0.15, 0.2) is 5.76 Å². The summed E-state index contributed by atoms with van der Waals surface area (Å²) in [6.45, 7) is 3.82. The molecule has 0 bridgehead atoms. The fourth-order valence-electron chi connectivity index (χ4n) is 1.76. The van der Waals surface area contributed by atoms with Crippen molar-refractivity contribution in [2.24, 2.45) is 0 Å². The Morgan fingerprint density at radius 3 is 2.67 bits per heavy atom. The topological polar surface area (TPSA) is 35.5 Å². The third-order valence-corrected chi connectivity index (χ3v) is 2.69. The van der Waals surface area contributed by atoms with Crippen LogP contribution in [0.15, 0.2) is 54.8 Å². The number of hydrogen-bond donors (Lipinski definition) is 0. The van der Waals surface area contributed by atoms with E-state index in [0.717, 1.165) is 16.3 Å². The summed E-state index contributed by atoms with van der Waals surface area (Å²) in [5, 5.41) is 2.25. The Morgan fingerprint density at radius 1 is 1.17 bits per heavy atom. The van der Waals surface area contributed by atoms with Crippen LogP contribution in [0, 0.1) is 0 Å². The van der Waals surface area contributed by atoms with E-state index in [0.29, 0.717) is 6.61 Å². The molecule has 0 spiro atoms. The first-order valence-electron chi connectivity index (χ1n) is 5.59. The Kier molecular flexibility index (Phi) is 3.63. The van der Waals surface area contributed by atoms with E-state index in [1.165, 1.54) is 7.11 Å². The van der Waals surface area contributed by atoms with Crippen molar-refractivity contribution in [1.29, 1.82) is 0 Å². The molecule has 0 aliphatic heterocycles. The molecule has 0 radical (unpaired) electrons. The summed E-state index contributed by atoms with van der Waals surface area (Å²) in [5.41, 5.74) is 1.01. The van der Waals surface area contributed by atoms with E-state index in [9.17, 15) is 4.79 Å². The van der Waals surface area contributed by atoms with Gasteiger partial charge in [-0.2, -0.15) is 0 Å². The van der Waals surface area contributed by atoms with Crippen LogP contribution in [0.1, 0.15) is 5.56 Å². The number of carbonyl (C=O) groups excluding carboxylic acids is 1. The van der Waals surface area contributed by atoms with Gasteiger partial charge in [0.1, 0.15) is 6.61 Å². The molecule has 0 heterocycles. The highest BCUT2D eigenvalue weighted by atomic mass is 16.6. The van der Waals surface area contributed by atoms with E-state index in [4.69, 9.17) is 4.74 Å². The van der Waals surface area contributed by atoms with Crippen molar-refractivity contribution in [3.05, 3.63) is 60.4 Å². The molecule has 0 aliphatic carbocycles. The van der Waals surface area contributed by atoms with Crippen LogP contribution in [0.2, 0.25) is 0 Å². The van der Waals surface area contributed by atoms with Crippen LogP contribution in [0.25, 0.3) is 10.8 Å². The fourth-order valence-corrected chi connectivity index (χ4v) is 1.76. The van der Waals surface area contributed by atoms with Gasteiger partial charge in [0.25, 0.3) is 0 Å². The molecule has 0 N–H and O–H groups in total. The number of methoxy groups -OCH3 is 1. The molecular weight excluding hydrogens is 228 g/mol. The van der Waals surface area contributed by atoms with Crippen LogP contribution < -0.4 is 0 Å². The maximum absolute atomic E-state index is 11.1. The highest BCUT2D eigenvalue weighted by Crippen LogP contribution is 2.19. The normalized spacial score (nSPS) is 10.1. The third-order valence-electron chi connectivity index (χ3n) is 2.69. The first-order valence-corrected chi connectivity index (χ1v) is 5.59. The molecule has 2 aromatic rings. The van der Waals surface area contributed by atoms with Gasteiger partial charge in [0.05, 0.1) is 7.11 Å². The second-order valence-electron chi connectivity index (χ2n) is 3.84. The second-order valence-corrected chi connectivity index (χ2v) is 3.84. The van der Waals surface area contributed by atoms with Crippen LogP contribution in [0.5, 0.6) is 0 Å². The number of ether oxygens (including phenoxy) is 2. The number of hydrogen-bond acceptors (Lipinski definition) is 3. The lowest BCUT2D eigenvalue weighted by Gasteiger charge is -2.09. The molecular formula is C15H14O3. The van der Waals surface area contributed by atoms with Crippen molar-refractivity contribution in [2.45, 2.75) is 6.61 Å². The predicted molar refractivity (Wildman–Crippen MR) is 69.9 cm³/mol. The molecule has 3 heteroatoms. The first-order chi connectivity index (χ1) is 8.72. The summed E-state index contributed by atoms with van der Waals surface area (Å²) in [5.74, 6) is -0.527. The molecule has 0 atom stereocenters. The number of fused-ring (bicyclic) bond motifs is 1. The van der Waals surface area contributed by atoms with Crippen LogP contribution >= 0.6 is 0 Å². The van der Waals surface area contributed by atoms with Crippen LogP contribution in [-0.4, -0.2) is 13.1 Å². The Balaban J connectivity index is 2.17. The number of carbonyl (C=O) groups is 1. The highest BCUT2D eigenvalue weighted by molar-refractivity contribution is 5.86.